The zero-order valence-corrected chi connectivity index (χ0v) is 16.8. The minimum atomic E-state index is -0.870. The minimum Gasteiger partial charge on any atom is -0.489 e. The molecule has 1 amide bonds. The summed E-state index contributed by atoms with van der Waals surface area (Å²) in [7, 11) is 0. The maximum atomic E-state index is 12.4. The third-order valence-electron chi connectivity index (χ3n) is 5.69. The summed E-state index contributed by atoms with van der Waals surface area (Å²) in [6.45, 7) is 0.476. The Morgan fingerprint density at radius 1 is 1.06 bits per heavy atom. The molecule has 7 nitrogen and oxygen atoms in total. The molecular weight excluding hydrogens is 390 g/mol. The summed E-state index contributed by atoms with van der Waals surface area (Å²) in [6.07, 6.45) is 3.71. The molecule has 2 atom stereocenters. The van der Waals surface area contributed by atoms with Crippen LogP contribution in [-0.4, -0.2) is 25.7 Å². The number of nitrogens with zero attached hydrogens (tertiary/aromatic N) is 4. The molecule has 2 aromatic carbocycles. The molecule has 0 bridgehead atoms. The van der Waals surface area contributed by atoms with Gasteiger partial charge in [-0.25, -0.2) is 9.67 Å². The van der Waals surface area contributed by atoms with Crippen LogP contribution in [0.1, 0.15) is 23.7 Å². The van der Waals surface area contributed by atoms with Crippen LogP contribution in [0.25, 0.3) is 11.4 Å². The maximum Gasteiger partial charge on any atom is 0.231 e. The predicted octanol–water partition coefficient (Wildman–Crippen LogP) is 3.29. The number of carbonyl (C=O) groups is 1. The fraction of sp³-hybridized carbons (Fsp3) is 0.167. The first kappa shape index (κ1) is 19.0. The molecule has 154 valence electrons. The van der Waals surface area contributed by atoms with Crippen molar-refractivity contribution in [3.8, 4) is 17.1 Å². The number of pyridine rings is 1. The first-order valence-corrected chi connectivity index (χ1v) is 10.1. The number of hydrogen-bond donors (Lipinski definition) is 1. The molecule has 2 unspecified atom stereocenters. The number of primary amides is 1. The van der Waals surface area contributed by atoms with E-state index in [2.05, 4.69) is 15.1 Å². The number of rotatable bonds is 7. The Morgan fingerprint density at radius 2 is 1.90 bits per heavy atom. The Kier molecular flexibility index (Phi) is 4.71. The van der Waals surface area contributed by atoms with Gasteiger partial charge in [0.25, 0.3) is 0 Å². The quantitative estimate of drug-likeness (QED) is 0.503. The number of ether oxygens (including phenoxy) is 1. The minimum absolute atomic E-state index is 0.230. The summed E-state index contributed by atoms with van der Waals surface area (Å²) in [6, 6.07) is 23.0. The van der Waals surface area contributed by atoms with Crippen LogP contribution in [0, 0.1) is 0 Å². The molecule has 2 aromatic heterocycles. The fourth-order valence-electron chi connectivity index (χ4n) is 3.98. The summed E-state index contributed by atoms with van der Waals surface area (Å²) in [4.78, 5) is 21.2. The molecule has 2 N–H and O–H groups in total. The highest BCUT2D eigenvalue weighted by molar-refractivity contribution is 5.90. The van der Waals surface area contributed by atoms with Gasteiger partial charge in [-0.2, -0.15) is 5.10 Å². The van der Waals surface area contributed by atoms with Gasteiger partial charge in [0.1, 0.15) is 24.1 Å². The monoisotopic (exact) mass is 411 g/mol. The molecule has 1 saturated carbocycles. The van der Waals surface area contributed by atoms with Crippen LogP contribution in [0.3, 0.4) is 0 Å². The van der Waals surface area contributed by atoms with Crippen LogP contribution in [0.15, 0.2) is 85.3 Å². The summed E-state index contributed by atoms with van der Waals surface area (Å²) < 4.78 is 7.73. The van der Waals surface area contributed by atoms with E-state index < -0.39 is 11.3 Å². The van der Waals surface area contributed by atoms with Gasteiger partial charge in [-0.05, 0) is 36.2 Å². The van der Waals surface area contributed by atoms with E-state index in [0.717, 1.165) is 16.9 Å². The van der Waals surface area contributed by atoms with Gasteiger partial charge in [0.05, 0.1) is 11.7 Å². The van der Waals surface area contributed by atoms with Crippen molar-refractivity contribution in [3.63, 3.8) is 0 Å². The van der Waals surface area contributed by atoms with Crippen molar-refractivity contribution in [1.82, 2.24) is 19.7 Å². The molecule has 31 heavy (non-hydrogen) atoms. The van der Waals surface area contributed by atoms with E-state index in [-0.39, 0.29) is 6.04 Å². The van der Waals surface area contributed by atoms with Crippen molar-refractivity contribution in [2.24, 2.45) is 5.73 Å². The third kappa shape index (κ3) is 3.44. The number of amides is 1. The zero-order valence-electron chi connectivity index (χ0n) is 16.8. The average molecular weight is 411 g/mol. The lowest BCUT2D eigenvalue weighted by Gasteiger charge is -2.14. The van der Waals surface area contributed by atoms with Gasteiger partial charge in [-0.1, -0.05) is 48.5 Å². The average Bonchev–Trinajstić information content (AvgIpc) is 3.40. The van der Waals surface area contributed by atoms with E-state index in [4.69, 9.17) is 10.5 Å². The van der Waals surface area contributed by atoms with Crippen LogP contribution >= 0.6 is 0 Å². The lowest BCUT2D eigenvalue weighted by molar-refractivity contribution is -0.120. The second-order valence-electron chi connectivity index (χ2n) is 7.60. The molecule has 1 aliphatic carbocycles. The van der Waals surface area contributed by atoms with E-state index >= 15 is 0 Å². The summed E-state index contributed by atoms with van der Waals surface area (Å²) in [5.41, 5.74) is 7.55. The van der Waals surface area contributed by atoms with E-state index in [1.807, 2.05) is 72.8 Å². The van der Waals surface area contributed by atoms with Gasteiger partial charge in [-0.3, -0.25) is 9.78 Å². The van der Waals surface area contributed by atoms with E-state index in [1.165, 1.54) is 6.33 Å². The van der Waals surface area contributed by atoms with Crippen LogP contribution in [0.4, 0.5) is 0 Å². The fourth-order valence-corrected chi connectivity index (χ4v) is 3.98. The second-order valence-corrected chi connectivity index (χ2v) is 7.60. The molecule has 0 spiro atoms. The molecule has 1 aliphatic rings. The lowest BCUT2D eigenvalue weighted by atomic mass is 10.00. The highest BCUT2D eigenvalue weighted by atomic mass is 16.5. The van der Waals surface area contributed by atoms with Gasteiger partial charge >= 0.3 is 0 Å². The number of aromatic nitrogens is 4. The summed E-state index contributed by atoms with van der Waals surface area (Å²) in [5, 5.41) is 4.41. The molecule has 4 aromatic rings. The van der Waals surface area contributed by atoms with Crippen LogP contribution in [-0.2, 0) is 16.8 Å². The van der Waals surface area contributed by atoms with Crippen molar-refractivity contribution in [2.75, 3.05) is 0 Å². The van der Waals surface area contributed by atoms with Crippen molar-refractivity contribution in [2.45, 2.75) is 24.5 Å². The lowest BCUT2D eigenvalue weighted by Crippen LogP contribution is -2.32. The Morgan fingerprint density at radius 3 is 2.68 bits per heavy atom. The van der Waals surface area contributed by atoms with Gasteiger partial charge in [-0.15, -0.1) is 0 Å². The largest absolute Gasteiger partial charge is 0.489 e. The second kappa shape index (κ2) is 7.68. The van der Waals surface area contributed by atoms with Crippen LogP contribution in [0.2, 0.25) is 0 Å². The number of nitrogens with two attached hydrogens (primary N) is 1. The highest BCUT2D eigenvalue weighted by Crippen LogP contribution is 2.57. The molecule has 0 radical (unpaired) electrons. The van der Waals surface area contributed by atoms with E-state index in [1.54, 1.807) is 10.9 Å². The maximum absolute atomic E-state index is 12.4. The SMILES string of the molecule is NC(=O)C1(c2ccccn2)CC1n1ncnc1-c1cccc(OCc2ccccc2)c1. The Hall–Kier alpha value is -4.00. The Labute approximate surface area is 179 Å². The normalized spacial score (nSPS) is 19.7. The van der Waals surface area contributed by atoms with Crippen molar-refractivity contribution in [3.05, 3.63) is 96.6 Å². The van der Waals surface area contributed by atoms with Gasteiger partial charge < -0.3 is 10.5 Å². The van der Waals surface area contributed by atoms with Crippen LogP contribution < -0.4 is 10.5 Å². The third-order valence-corrected chi connectivity index (χ3v) is 5.69. The highest BCUT2D eigenvalue weighted by Gasteiger charge is 2.63. The van der Waals surface area contributed by atoms with Crippen molar-refractivity contribution >= 4 is 5.91 Å². The Balaban J connectivity index is 1.42. The van der Waals surface area contributed by atoms with Gasteiger partial charge in [0, 0.05) is 11.8 Å². The zero-order chi connectivity index (χ0) is 21.3. The molecule has 0 saturated heterocycles. The van der Waals surface area contributed by atoms with Gasteiger partial charge in [0.15, 0.2) is 5.82 Å². The predicted molar refractivity (Wildman–Crippen MR) is 115 cm³/mol. The number of benzene rings is 2. The van der Waals surface area contributed by atoms with E-state index in [0.29, 0.717) is 24.5 Å². The molecule has 0 aliphatic heterocycles. The van der Waals surface area contributed by atoms with E-state index in [9.17, 15) is 4.79 Å². The summed E-state index contributed by atoms with van der Waals surface area (Å²) >= 11 is 0. The first-order valence-electron chi connectivity index (χ1n) is 10.1. The topological polar surface area (TPSA) is 95.9 Å². The molecule has 2 heterocycles. The smallest absolute Gasteiger partial charge is 0.231 e. The van der Waals surface area contributed by atoms with Crippen LogP contribution in [0.5, 0.6) is 5.75 Å². The molecule has 1 fully saturated rings. The van der Waals surface area contributed by atoms with Crippen molar-refractivity contribution < 1.29 is 9.53 Å². The molecule has 5 rings (SSSR count). The van der Waals surface area contributed by atoms with Crippen molar-refractivity contribution in [1.29, 1.82) is 0 Å². The van der Waals surface area contributed by atoms with Gasteiger partial charge in [0.2, 0.25) is 5.91 Å². The first-order chi connectivity index (χ1) is 15.2. The summed E-state index contributed by atoms with van der Waals surface area (Å²) in [5.74, 6) is 0.990. The Bertz CT molecular complexity index is 1210. The number of hydrogen-bond acceptors (Lipinski definition) is 5. The number of carbonyl (C=O) groups excluding carboxylic acids is 1. The molecule has 7 heteroatoms. The standard InChI is InChI=1S/C24H21N5O2/c25-23(30)24(20-11-4-5-12-26-20)14-21(24)29-22(27-16-28-29)18-9-6-10-19(13-18)31-15-17-7-2-1-3-8-17/h1-13,16,21H,14-15H2,(H2,25,30). The molecular formula is C24H21N5O2.